The summed E-state index contributed by atoms with van der Waals surface area (Å²) < 4.78 is 14.2. The van der Waals surface area contributed by atoms with Gasteiger partial charge in [-0.2, -0.15) is 0 Å². The molecular formula is C21H26N2O8. The van der Waals surface area contributed by atoms with E-state index in [1.165, 1.54) is 9.80 Å². The number of esters is 2. The van der Waals surface area contributed by atoms with E-state index < -0.39 is 11.9 Å². The summed E-state index contributed by atoms with van der Waals surface area (Å²) in [6.07, 6.45) is 5.06. The first kappa shape index (κ1) is 23.8. The Morgan fingerprint density at radius 1 is 0.903 bits per heavy atom. The van der Waals surface area contributed by atoms with Crippen LogP contribution in [0.5, 0.6) is 0 Å². The molecule has 0 aromatic heterocycles. The summed E-state index contributed by atoms with van der Waals surface area (Å²) in [5, 5.41) is 0. The molecule has 0 aromatic rings. The number of ether oxygens (including phenoxy) is 3. The second kappa shape index (κ2) is 11.7. The van der Waals surface area contributed by atoms with Crippen LogP contribution in [0, 0.1) is 0 Å². The molecule has 0 unspecified atom stereocenters. The number of nitrogens with zero attached hydrogens (tertiary/aromatic N) is 2. The van der Waals surface area contributed by atoms with Crippen LogP contribution in [0.1, 0.15) is 25.7 Å². The van der Waals surface area contributed by atoms with Gasteiger partial charge in [-0.15, -0.1) is 0 Å². The lowest BCUT2D eigenvalue weighted by Crippen LogP contribution is -2.35. The van der Waals surface area contributed by atoms with E-state index in [0.29, 0.717) is 43.7 Å². The highest BCUT2D eigenvalue weighted by atomic mass is 16.6. The van der Waals surface area contributed by atoms with E-state index in [-0.39, 0.29) is 37.7 Å². The Labute approximate surface area is 180 Å². The van der Waals surface area contributed by atoms with E-state index >= 15 is 0 Å². The SMILES string of the molecule is C=CC(=O)OCCN1C(=O)C2=C(CCCC2)C1=O.C=CC(=O)OCCN1CCOC1=O. The van der Waals surface area contributed by atoms with Gasteiger partial charge in [0.05, 0.1) is 19.6 Å². The number of hydrogen-bond donors (Lipinski definition) is 0. The Bertz CT molecular complexity index is 773. The van der Waals surface area contributed by atoms with Crippen LogP contribution < -0.4 is 0 Å². The molecule has 10 nitrogen and oxygen atoms in total. The third-order valence-corrected chi connectivity index (χ3v) is 4.82. The Morgan fingerprint density at radius 2 is 1.42 bits per heavy atom. The summed E-state index contributed by atoms with van der Waals surface area (Å²) in [7, 11) is 0. The third-order valence-electron chi connectivity index (χ3n) is 4.82. The molecule has 0 atom stereocenters. The van der Waals surface area contributed by atoms with Crippen molar-refractivity contribution < 1.29 is 38.2 Å². The standard InChI is InChI=1S/C13H15NO4.C8H11NO4/c1-2-11(15)18-8-7-14-12(16)9-5-3-4-6-10(9)13(14)17;1-2-7(10)12-5-3-9-4-6-13-8(9)11/h2H,1,3-8H2;2H,1,3-6H2. The maximum Gasteiger partial charge on any atom is 0.410 e. The molecule has 3 amide bonds. The quantitative estimate of drug-likeness (QED) is 0.241. The van der Waals surface area contributed by atoms with Crippen molar-refractivity contribution in [2.75, 3.05) is 39.5 Å². The minimum absolute atomic E-state index is 0.0168. The van der Waals surface area contributed by atoms with Gasteiger partial charge >= 0.3 is 18.0 Å². The molecule has 0 N–H and O–H groups in total. The number of cyclic esters (lactones) is 1. The maximum absolute atomic E-state index is 12.0. The van der Waals surface area contributed by atoms with Crippen molar-refractivity contribution in [3.8, 4) is 0 Å². The molecule has 0 spiro atoms. The van der Waals surface area contributed by atoms with E-state index in [4.69, 9.17) is 9.47 Å². The topological polar surface area (TPSA) is 120 Å². The predicted octanol–water partition coefficient (Wildman–Crippen LogP) is 1.12. The average molecular weight is 434 g/mol. The fourth-order valence-corrected chi connectivity index (χ4v) is 3.24. The molecule has 0 saturated carbocycles. The van der Waals surface area contributed by atoms with Gasteiger partial charge < -0.3 is 19.1 Å². The van der Waals surface area contributed by atoms with Crippen molar-refractivity contribution in [1.82, 2.24) is 9.80 Å². The summed E-state index contributed by atoms with van der Waals surface area (Å²) in [6.45, 7) is 8.17. The Morgan fingerprint density at radius 3 is 1.87 bits per heavy atom. The first-order valence-corrected chi connectivity index (χ1v) is 9.97. The fourth-order valence-electron chi connectivity index (χ4n) is 3.24. The molecule has 1 saturated heterocycles. The first-order valence-electron chi connectivity index (χ1n) is 9.97. The number of imide groups is 1. The molecule has 0 radical (unpaired) electrons. The van der Waals surface area contributed by atoms with Gasteiger partial charge in [0.15, 0.2) is 0 Å². The van der Waals surface area contributed by atoms with Gasteiger partial charge in [-0.3, -0.25) is 14.5 Å². The molecule has 0 bridgehead atoms. The van der Waals surface area contributed by atoms with Gasteiger partial charge in [0.2, 0.25) is 0 Å². The summed E-state index contributed by atoms with van der Waals surface area (Å²) in [6, 6.07) is 0. The zero-order valence-corrected chi connectivity index (χ0v) is 17.3. The van der Waals surface area contributed by atoms with Crippen molar-refractivity contribution in [3.05, 3.63) is 36.5 Å². The normalized spacial score (nSPS) is 17.5. The number of amides is 3. The molecule has 1 fully saturated rings. The Hall–Kier alpha value is -3.43. The highest BCUT2D eigenvalue weighted by Crippen LogP contribution is 2.32. The van der Waals surface area contributed by atoms with E-state index in [1.807, 2.05) is 0 Å². The summed E-state index contributed by atoms with van der Waals surface area (Å²) in [5.41, 5.74) is 1.31. The lowest BCUT2D eigenvalue weighted by Gasteiger charge is -2.14. The van der Waals surface area contributed by atoms with Gasteiger partial charge in [0, 0.05) is 23.3 Å². The zero-order chi connectivity index (χ0) is 22.8. The Balaban J connectivity index is 0.000000233. The largest absolute Gasteiger partial charge is 0.461 e. The molecule has 0 aromatic carbocycles. The monoisotopic (exact) mass is 434 g/mol. The molecule has 10 heteroatoms. The molecule has 168 valence electrons. The van der Waals surface area contributed by atoms with Crippen molar-refractivity contribution in [1.29, 1.82) is 0 Å². The highest BCUT2D eigenvalue weighted by molar-refractivity contribution is 6.19. The highest BCUT2D eigenvalue weighted by Gasteiger charge is 2.38. The van der Waals surface area contributed by atoms with Crippen LogP contribution in [0.3, 0.4) is 0 Å². The molecule has 2 aliphatic heterocycles. The summed E-state index contributed by atoms with van der Waals surface area (Å²) in [4.78, 5) is 58.9. The number of hydrogen-bond acceptors (Lipinski definition) is 8. The minimum atomic E-state index is -0.549. The molecular weight excluding hydrogens is 408 g/mol. The van der Waals surface area contributed by atoms with Gasteiger partial charge in [0.1, 0.15) is 19.8 Å². The van der Waals surface area contributed by atoms with Crippen LogP contribution in [0.25, 0.3) is 0 Å². The smallest absolute Gasteiger partial charge is 0.410 e. The lowest BCUT2D eigenvalue weighted by molar-refractivity contribution is -0.144. The molecule has 3 rings (SSSR count). The predicted molar refractivity (Wildman–Crippen MR) is 107 cm³/mol. The van der Waals surface area contributed by atoms with Crippen molar-refractivity contribution >= 4 is 29.8 Å². The summed E-state index contributed by atoms with van der Waals surface area (Å²) >= 11 is 0. The van der Waals surface area contributed by atoms with Crippen molar-refractivity contribution in [2.24, 2.45) is 0 Å². The summed E-state index contributed by atoms with van der Waals surface area (Å²) in [5.74, 6) is -1.46. The number of carbonyl (C=O) groups is 5. The lowest BCUT2D eigenvalue weighted by atomic mass is 9.93. The van der Waals surface area contributed by atoms with Crippen molar-refractivity contribution in [3.63, 3.8) is 0 Å². The van der Waals surface area contributed by atoms with Crippen LogP contribution in [0.4, 0.5) is 4.79 Å². The van der Waals surface area contributed by atoms with E-state index in [1.54, 1.807) is 0 Å². The number of rotatable bonds is 8. The second-order valence-electron chi connectivity index (χ2n) is 6.77. The van der Waals surface area contributed by atoms with Gasteiger partial charge in [-0.1, -0.05) is 13.2 Å². The average Bonchev–Trinajstić information content (AvgIpc) is 3.30. The van der Waals surface area contributed by atoms with Gasteiger partial charge in [-0.25, -0.2) is 14.4 Å². The van der Waals surface area contributed by atoms with Crippen LogP contribution >= 0.6 is 0 Å². The van der Waals surface area contributed by atoms with Crippen LogP contribution in [-0.4, -0.2) is 79.1 Å². The van der Waals surface area contributed by atoms with Crippen molar-refractivity contribution in [2.45, 2.75) is 25.7 Å². The fraction of sp³-hybridized carbons (Fsp3) is 0.476. The number of carbonyl (C=O) groups excluding carboxylic acids is 5. The molecule has 31 heavy (non-hydrogen) atoms. The third kappa shape index (κ3) is 6.53. The van der Waals surface area contributed by atoms with E-state index in [9.17, 15) is 24.0 Å². The van der Waals surface area contributed by atoms with Gasteiger partial charge in [-0.05, 0) is 25.7 Å². The van der Waals surface area contributed by atoms with Crippen LogP contribution in [0.2, 0.25) is 0 Å². The van der Waals surface area contributed by atoms with E-state index in [0.717, 1.165) is 25.0 Å². The Kier molecular flexibility index (Phi) is 8.98. The van der Waals surface area contributed by atoms with Crippen LogP contribution in [-0.2, 0) is 33.4 Å². The van der Waals surface area contributed by atoms with Crippen LogP contribution in [0.15, 0.2) is 36.5 Å². The molecule has 2 heterocycles. The minimum Gasteiger partial charge on any atom is -0.461 e. The molecule has 3 aliphatic rings. The maximum atomic E-state index is 12.0. The van der Waals surface area contributed by atoms with E-state index in [2.05, 4.69) is 17.9 Å². The first-order chi connectivity index (χ1) is 14.9. The zero-order valence-electron chi connectivity index (χ0n) is 17.3. The van der Waals surface area contributed by atoms with Gasteiger partial charge in [0.25, 0.3) is 11.8 Å². The second-order valence-corrected chi connectivity index (χ2v) is 6.77. The molecule has 1 aliphatic carbocycles.